The van der Waals surface area contributed by atoms with E-state index in [1.165, 1.54) is 11.6 Å². The summed E-state index contributed by atoms with van der Waals surface area (Å²) in [5.74, 6) is 0.567. The van der Waals surface area contributed by atoms with Crippen LogP contribution < -0.4 is 10.1 Å². The van der Waals surface area contributed by atoms with E-state index in [0.717, 1.165) is 36.3 Å². The van der Waals surface area contributed by atoms with E-state index in [9.17, 15) is 4.39 Å². The molecule has 0 saturated carbocycles. The van der Waals surface area contributed by atoms with Crippen molar-refractivity contribution in [1.82, 2.24) is 5.32 Å². The molecule has 0 saturated heterocycles. The highest BCUT2D eigenvalue weighted by Crippen LogP contribution is 2.31. The van der Waals surface area contributed by atoms with Gasteiger partial charge in [-0.15, -0.1) is 0 Å². The van der Waals surface area contributed by atoms with E-state index in [1.807, 2.05) is 25.2 Å². The van der Waals surface area contributed by atoms with Gasteiger partial charge in [-0.25, -0.2) is 4.39 Å². The molecule has 1 N–H and O–H groups in total. The summed E-state index contributed by atoms with van der Waals surface area (Å²) in [5.41, 5.74) is 3.17. The number of benzene rings is 2. The van der Waals surface area contributed by atoms with Crippen LogP contribution in [0.2, 0.25) is 5.02 Å². The van der Waals surface area contributed by atoms with Crippen LogP contribution in [0, 0.1) is 5.82 Å². The largest absolute Gasteiger partial charge is 0.493 e. The van der Waals surface area contributed by atoms with Gasteiger partial charge in [0.1, 0.15) is 11.6 Å². The molecule has 4 heteroatoms. The minimum Gasteiger partial charge on any atom is -0.493 e. The van der Waals surface area contributed by atoms with Gasteiger partial charge in [-0.2, -0.15) is 0 Å². The second-order valence-electron chi connectivity index (χ2n) is 5.21. The molecular formula is C17H17ClFNO. The zero-order chi connectivity index (χ0) is 14.8. The van der Waals surface area contributed by atoms with Crippen LogP contribution in [-0.4, -0.2) is 13.7 Å². The fourth-order valence-corrected chi connectivity index (χ4v) is 2.90. The summed E-state index contributed by atoms with van der Waals surface area (Å²) >= 11 is 5.76. The summed E-state index contributed by atoms with van der Waals surface area (Å²) in [4.78, 5) is 0. The number of fused-ring (bicyclic) bond motifs is 1. The molecule has 3 rings (SSSR count). The Balaban J connectivity index is 1.97. The van der Waals surface area contributed by atoms with Crippen LogP contribution >= 0.6 is 11.6 Å². The van der Waals surface area contributed by atoms with Crippen LogP contribution in [0.5, 0.6) is 5.75 Å². The van der Waals surface area contributed by atoms with Gasteiger partial charge < -0.3 is 10.1 Å². The standard InChI is InChI=1S/C17H17ClFNO/c1-20-17(13-4-6-14(18)15(19)10-13)12-5-7-16-11(9-12)3-2-8-21-16/h4-7,9-10,17,20H,2-3,8H2,1H3. The van der Waals surface area contributed by atoms with Crippen molar-refractivity contribution < 1.29 is 9.13 Å². The van der Waals surface area contributed by atoms with E-state index < -0.39 is 5.82 Å². The molecule has 1 atom stereocenters. The SMILES string of the molecule is CNC(c1ccc(Cl)c(F)c1)c1ccc2c(c1)CCCO2. The van der Waals surface area contributed by atoms with Gasteiger partial charge in [-0.05, 0) is 54.8 Å². The second kappa shape index (κ2) is 6.04. The van der Waals surface area contributed by atoms with E-state index >= 15 is 0 Å². The Hall–Kier alpha value is -1.58. The summed E-state index contributed by atoms with van der Waals surface area (Å²) in [6.45, 7) is 0.782. The van der Waals surface area contributed by atoms with Crippen molar-refractivity contribution in [2.24, 2.45) is 0 Å². The van der Waals surface area contributed by atoms with Crippen LogP contribution in [0.4, 0.5) is 4.39 Å². The summed E-state index contributed by atoms with van der Waals surface area (Å²) in [7, 11) is 1.87. The molecule has 0 bridgehead atoms. The number of hydrogen-bond donors (Lipinski definition) is 1. The van der Waals surface area contributed by atoms with Crippen molar-refractivity contribution in [2.45, 2.75) is 18.9 Å². The Kier molecular flexibility index (Phi) is 4.13. The molecule has 0 spiro atoms. The number of aryl methyl sites for hydroxylation is 1. The van der Waals surface area contributed by atoms with Crippen LogP contribution in [0.3, 0.4) is 0 Å². The van der Waals surface area contributed by atoms with Gasteiger partial charge >= 0.3 is 0 Å². The lowest BCUT2D eigenvalue weighted by Crippen LogP contribution is -2.18. The third-order valence-corrected chi connectivity index (χ3v) is 4.14. The average Bonchev–Trinajstić information content (AvgIpc) is 2.51. The monoisotopic (exact) mass is 305 g/mol. The van der Waals surface area contributed by atoms with Gasteiger partial charge in [-0.1, -0.05) is 29.8 Å². The van der Waals surface area contributed by atoms with Crippen LogP contribution in [0.1, 0.15) is 29.2 Å². The zero-order valence-electron chi connectivity index (χ0n) is 11.8. The van der Waals surface area contributed by atoms with Crippen LogP contribution in [0.15, 0.2) is 36.4 Å². The Morgan fingerprint density at radius 2 is 1.95 bits per heavy atom. The highest BCUT2D eigenvalue weighted by molar-refractivity contribution is 6.30. The molecule has 0 amide bonds. The predicted octanol–water partition coefficient (Wildman–Crippen LogP) is 4.11. The third kappa shape index (κ3) is 2.89. The first-order valence-electron chi connectivity index (χ1n) is 7.07. The molecule has 2 aromatic rings. The molecule has 0 aliphatic carbocycles. The van der Waals surface area contributed by atoms with Crippen molar-refractivity contribution >= 4 is 11.6 Å². The normalized spacial score (nSPS) is 15.2. The number of nitrogens with one attached hydrogen (secondary N) is 1. The maximum absolute atomic E-state index is 13.7. The maximum Gasteiger partial charge on any atom is 0.142 e. The molecular weight excluding hydrogens is 289 g/mol. The molecule has 0 radical (unpaired) electrons. The average molecular weight is 306 g/mol. The van der Waals surface area contributed by atoms with E-state index in [-0.39, 0.29) is 11.1 Å². The molecule has 0 fully saturated rings. The number of hydrogen-bond acceptors (Lipinski definition) is 2. The summed E-state index contributed by atoms with van der Waals surface area (Å²) in [6.07, 6.45) is 2.06. The second-order valence-corrected chi connectivity index (χ2v) is 5.62. The first-order valence-corrected chi connectivity index (χ1v) is 7.44. The van der Waals surface area contributed by atoms with Crippen molar-refractivity contribution in [3.8, 4) is 5.75 Å². The van der Waals surface area contributed by atoms with E-state index in [2.05, 4.69) is 11.4 Å². The van der Waals surface area contributed by atoms with E-state index in [0.29, 0.717) is 0 Å². The van der Waals surface area contributed by atoms with E-state index in [1.54, 1.807) is 6.07 Å². The van der Waals surface area contributed by atoms with Gasteiger partial charge in [-0.3, -0.25) is 0 Å². The molecule has 1 unspecified atom stereocenters. The number of rotatable bonds is 3. The Labute approximate surface area is 128 Å². The minimum atomic E-state index is -0.393. The van der Waals surface area contributed by atoms with Crippen molar-refractivity contribution in [3.05, 3.63) is 63.9 Å². The summed E-state index contributed by atoms with van der Waals surface area (Å²) in [5, 5.41) is 3.38. The quantitative estimate of drug-likeness (QED) is 0.921. The minimum absolute atomic E-state index is 0.0657. The summed E-state index contributed by atoms with van der Waals surface area (Å²) < 4.78 is 19.3. The number of halogens is 2. The fourth-order valence-electron chi connectivity index (χ4n) is 2.78. The molecule has 0 aromatic heterocycles. The van der Waals surface area contributed by atoms with Crippen molar-refractivity contribution in [3.63, 3.8) is 0 Å². The highest BCUT2D eigenvalue weighted by atomic mass is 35.5. The van der Waals surface area contributed by atoms with Crippen molar-refractivity contribution in [2.75, 3.05) is 13.7 Å². The van der Waals surface area contributed by atoms with Gasteiger partial charge in [0.2, 0.25) is 0 Å². The zero-order valence-corrected chi connectivity index (χ0v) is 12.6. The topological polar surface area (TPSA) is 21.3 Å². The molecule has 1 aliphatic heterocycles. The lowest BCUT2D eigenvalue weighted by molar-refractivity contribution is 0.288. The molecule has 110 valence electrons. The highest BCUT2D eigenvalue weighted by Gasteiger charge is 2.17. The lowest BCUT2D eigenvalue weighted by atomic mass is 9.95. The van der Waals surface area contributed by atoms with Gasteiger partial charge in [0.15, 0.2) is 0 Å². The summed E-state index contributed by atoms with van der Waals surface area (Å²) in [6, 6.07) is 11.0. The Bertz CT molecular complexity index is 659. The molecule has 1 aliphatic rings. The number of ether oxygens (including phenoxy) is 1. The Morgan fingerprint density at radius 1 is 1.19 bits per heavy atom. The smallest absolute Gasteiger partial charge is 0.142 e. The maximum atomic E-state index is 13.7. The third-order valence-electron chi connectivity index (χ3n) is 3.83. The lowest BCUT2D eigenvalue weighted by Gasteiger charge is -2.22. The Morgan fingerprint density at radius 3 is 2.71 bits per heavy atom. The van der Waals surface area contributed by atoms with Crippen LogP contribution in [-0.2, 0) is 6.42 Å². The van der Waals surface area contributed by atoms with Gasteiger partial charge in [0.05, 0.1) is 17.7 Å². The van der Waals surface area contributed by atoms with Gasteiger partial charge in [0, 0.05) is 0 Å². The predicted molar refractivity (Wildman–Crippen MR) is 82.6 cm³/mol. The van der Waals surface area contributed by atoms with Gasteiger partial charge in [0.25, 0.3) is 0 Å². The molecule has 2 aromatic carbocycles. The van der Waals surface area contributed by atoms with Crippen LogP contribution in [0.25, 0.3) is 0 Å². The van der Waals surface area contributed by atoms with E-state index in [4.69, 9.17) is 16.3 Å². The molecule has 21 heavy (non-hydrogen) atoms. The molecule has 2 nitrogen and oxygen atoms in total. The first-order chi connectivity index (χ1) is 10.2. The first kappa shape index (κ1) is 14.4. The fraction of sp³-hybridized carbons (Fsp3) is 0.294. The van der Waals surface area contributed by atoms with Crippen molar-refractivity contribution in [1.29, 1.82) is 0 Å². The molecule has 1 heterocycles.